The Bertz CT molecular complexity index is 2990. The van der Waals surface area contributed by atoms with Gasteiger partial charge in [0.15, 0.2) is 5.75 Å². The number of primary sulfonamides is 1. The number of amides is 2. The summed E-state index contributed by atoms with van der Waals surface area (Å²) in [7, 11) is -7.24. The summed E-state index contributed by atoms with van der Waals surface area (Å²) in [5.41, 5.74) is 5.00. The van der Waals surface area contributed by atoms with Crippen molar-refractivity contribution in [1.82, 2.24) is 14.7 Å². The first-order chi connectivity index (χ1) is 31.3. The number of nitrogens with one attached hydrogen (secondary N) is 2. The number of hydrogen-bond donors (Lipinski definition) is 3. The molecule has 6 rings (SSSR count). The normalized spacial score (nSPS) is 10.8. The number of sulfonamides is 2. The van der Waals surface area contributed by atoms with Gasteiger partial charge >= 0.3 is 6.03 Å². The lowest BCUT2D eigenvalue weighted by atomic mass is 9.94. The van der Waals surface area contributed by atoms with Crippen molar-refractivity contribution in [3.05, 3.63) is 178 Å². The van der Waals surface area contributed by atoms with Gasteiger partial charge in [0, 0.05) is 16.7 Å². The molecular weight excluding hydrogens is 887 g/mol. The van der Waals surface area contributed by atoms with E-state index in [9.17, 15) is 30.4 Å². The van der Waals surface area contributed by atoms with Gasteiger partial charge in [-0.1, -0.05) is 102 Å². The van der Waals surface area contributed by atoms with Crippen molar-refractivity contribution in [1.29, 1.82) is 5.26 Å². The number of anilines is 1. The smallest absolute Gasteiger partial charge is 0.332 e. The third-order valence-corrected chi connectivity index (χ3v) is 11.5. The van der Waals surface area contributed by atoms with Crippen molar-refractivity contribution < 1.29 is 35.1 Å². The number of carbonyl (C=O) groups excluding carboxylic acids is 1. The molecule has 4 N–H and O–H groups in total. The summed E-state index contributed by atoms with van der Waals surface area (Å²) in [4.78, 5) is 27.0. The highest BCUT2D eigenvalue weighted by atomic mass is 32.2. The number of nitrogens with zero attached hydrogens (tertiary/aromatic N) is 5. The summed E-state index contributed by atoms with van der Waals surface area (Å²) in [6.07, 6.45) is 5.26. The van der Waals surface area contributed by atoms with Gasteiger partial charge < -0.3 is 19.7 Å². The van der Waals surface area contributed by atoms with E-state index >= 15 is 0 Å². The van der Waals surface area contributed by atoms with Crippen LogP contribution in [0.2, 0.25) is 0 Å². The maximum absolute atomic E-state index is 14.4. The highest BCUT2D eigenvalue weighted by Gasteiger charge is 2.22. The molecule has 0 spiro atoms. The molecule has 66 heavy (non-hydrogen) atoms. The fourth-order valence-corrected chi connectivity index (χ4v) is 7.76. The van der Waals surface area contributed by atoms with Crippen molar-refractivity contribution in [3.63, 3.8) is 0 Å². The maximum Gasteiger partial charge on any atom is 0.332 e. The highest BCUT2D eigenvalue weighted by Crippen LogP contribution is 2.39. The Hall–Kier alpha value is -7.56. The molecule has 340 valence electrons. The molecule has 2 amide bonds. The van der Waals surface area contributed by atoms with Gasteiger partial charge in [0.25, 0.3) is 17.9 Å². The molecule has 0 bridgehead atoms. The maximum atomic E-state index is 14.4. The first-order valence-corrected chi connectivity index (χ1v) is 23.5. The Kier molecular flexibility index (Phi) is 18.5. The minimum absolute atomic E-state index is 0.00929. The van der Waals surface area contributed by atoms with Crippen LogP contribution in [0.25, 0.3) is 31.9 Å². The molecule has 0 saturated heterocycles. The first kappa shape index (κ1) is 51.1. The number of aromatic nitrogens is 2. The van der Waals surface area contributed by atoms with E-state index < -0.39 is 37.7 Å². The molecule has 2 heterocycles. The predicted octanol–water partition coefficient (Wildman–Crippen LogP) is 10.2. The SMILES string of the molecule is NS(=O)(=O)CCc1ccccc1.[C-]#[N+]c1cc(-c2cc(F)cc(C(C)C)c2NC(=O)NS(=O)(=O)CCc2ccccc2)ccn1.[C-]#[N+]c1cc(-c2cc(F)cc(C(C)C)c2OC#N)ccn1. The van der Waals surface area contributed by atoms with Crippen LogP contribution in [-0.2, 0) is 32.9 Å². The number of hydrogen-bond acceptors (Lipinski definition) is 9. The molecule has 18 heteroatoms. The summed E-state index contributed by atoms with van der Waals surface area (Å²) >= 11 is 0. The van der Waals surface area contributed by atoms with E-state index in [1.165, 1.54) is 48.8 Å². The third kappa shape index (κ3) is 15.9. The minimum atomic E-state index is -3.91. The molecule has 0 saturated carbocycles. The van der Waals surface area contributed by atoms with Gasteiger partial charge in [0.2, 0.25) is 20.0 Å². The van der Waals surface area contributed by atoms with Gasteiger partial charge in [-0.3, -0.25) is 0 Å². The van der Waals surface area contributed by atoms with Crippen molar-refractivity contribution in [2.75, 3.05) is 16.8 Å². The molecule has 0 aliphatic heterocycles. The van der Waals surface area contributed by atoms with Gasteiger partial charge in [0.05, 0.1) is 17.2 Å². The van der Waals surface area contributed by atoms with E-state index in [1.54, 1.807) is 30.5 Å². The molecule has 2 aromatic heterocycles. The van der Waals surface area contributed by atoms with Crippen molar-refractivity contribution in [3.8, 4) is 34.3 Å². The molecule has 0 aliphatic rings. The summed E-state index contributed by atoms with van der Waals surface area (Å²) in [5, 5.41) is 16.3. The molecular formula is C48H46F2N8O6S2. The molecule has 6 aromatic rings. The van der Waals surface area contributed by atoms with Crippen LogP contribution in [0.1, 0.15) is 61.8 Å². The van der Waals surface area contributed by atoms with Crippen molar-refractivity contribution in [2.24, 2.45) is 5.14 Å². The fourth-order valence-electron chi connectivity index (χ4n) is 6.30. The molecule has 0 atom stereocenters. The Morgan fingerprint density at radius 2 is 1.20 bits per heavy atom. The fraction of sp³-hybridized carbons (Fsp3) is 0.208. The number of urea groups is 1. The summed E-state index contributed by atoms with van der Waals surface area (Å²) in [6.45, 7) is 21.6. The molecule has 0 aliphatic carbocycles. The number of aryl methyl sites for hydroxylation is 2. The molecule has 0 fully saturated rings. The van der Waals surface area contributed by atoms with Gasteiger partial charge in [0.1, 0.15) is 24.0 Å². The Labute approximate surface area is 383 Å². The van der Waals surface area contributed by atoms with Crippen LogP contribution in [0.4, 0.5) is 30.9 Å². The summed E-state index contributed by atoms with van der Waals surface area (Å²) in [6, 6.07) is 29.0. The van der Waals surface area contributed by atoms with Crippen LogP contribution in [-0.4, -0.2) is 44.3 Å². The zero-order valence-corrected chi connectivity index (χ0v) is 38.0. The van der Waals surface area contributed by atoms with E-state index in [0.29, 0.717) is 45.6 Å². The number of benzene rings is 4. The van der Waals surface area contributed by atoms with E-state index in [-0.39, 0.29) is 47.1 Å². The minimum Gasteiger partial charge on any atom is -0.387 e. The Morgan fingerprint density at radius 1 is 0.727 bits per heavy atom. The molecule has 4 aromatic carbocycles. The average Bonchev–Trinajstić information content (AvgIpc) is 3.29. The van der Waals surface area contributed by atoms with Crippen LogP contribution >= 0.6 is 0 Å². The second-order valence-corrected chi connectivity index (χ2v) is 18.6. The van der Waals surface area contributed by atoms with Gasteiger partial charge in [-0.05, 0) is 101 Å². The monoisotopic (exact) mass is 932 g/mol. The lowest BCUT2D eigenvalue weighted by Gasteiger charge is -2.19. The van der Waals surface area contributed by atoms with Crippen LogP contribution < -0.4 is 19.9 Å². The zero-order chi connectivity index (χ0) is 48.4. The lowest BCUT2D eigenvalue weighted by Crippen LogP contribution is -2.36. The second-order valence-electron chi connectivity index (χ2n) is 15.0. The third-order valence-electron chi connectivity index (χ3n) is 9.46. The Morgan fingerprint density at radius 3 is 1.67 bits per heavy atom. The quantitative estimate of drug-likeness (QED) is 0.0744. The number of nitrogens with two attached hydrogens (primary N) is 1. The largest absolute Gasteiger partial charge is 0.387 e. The van der Waals surface area contributed by atoms with E-state index in [1.807, 2.05) is 80.9 Å². The predicted molar refractivity (Wildman–Crippen MR) is 250 cm³/mol. The van der Waals surface area contributed by atoms with Gasteiger partial charge in [-0.2, -0.15) is 0 Å². The van der Waals surface area contributed by atoms with E-state index in [2.05, 4.69) is 25.0 Å². The van der Waals surface area contributed by atoms with E-state index in [4.69, 9.17) is 28.3 Å². The number of halogens is 2. The lowest BCUT2D eigenvalue weighted by molar-refractivity contribution is 0.256. The number of ether oxygens (including phenoxy) is 1. The molecule has 0 radical (unpaired) electrons. The Balaban J connectivity index is 0.000000244. The second kappa shape index (κ2) is 23.9. The highest BCUT2D eigenvalue weighted by molar-refractivity contribution is 7.90. The van der Waals surface area contributed by atoms with Crippen molar-refractivity contribution >= 4 is 43.4 Å². The average molecular weight is 933 g/mol. The van der Waals surface area contributed by atoms with Crippen LogP contribution in [0.15, 0.2) is 122 Å². The molecule has 0 unspecified atom stereocenters. The standard InChI is InChI=1S/C24H23FN4O3S.C16H12FN3O.C8H11NO2S/c1-16(2)20-14-19(25)15-21(18-9-11-27-22(13-18)26-3)23(20)28-24(30)29-33(31,32)12-10-17-7-5-4-6-8-17;1-10(2)13-7-12(17)8-14(16(13)21-9-18)11-4-5-20-15(6-11)19-3;9-12(10,11)7-6-8-4-2-1-3-5-8/h4-9,11,13-16H,10,12H2,1-2H3,(H2,28,29,30);4-8,10H,1-2H3;1-5H,6-7H2,(H2,9,10,11). The topological polar surface area (TPSA) is 203 Å². The van der Waals surface area contributed by atoms with E-state index in [0.717, 1.165) is 11.1 Å². The van der Waals surface area contributed by atoms with Crippen LogP contribution in [0.5, 0.6) is 5.75 Å². The number of pyridine rings is 2. The summed E-state index contributed by atoms with van der Waals surface area (Å²) in [5.74, 6) is -0.746. The zero-order valence-electron chi connectivity index (χ0n) is 36.4. The number of nitriles is 1. The van der Waals surface area contributed by atoms with Crippen LogP contribution in [0.3, 0.4) is 0 Å². The first-order valence-electron chi connectivity index (χ1n) is 20.1. The number of carbonyl (C=O) groups is 1. The number of rotatable bonds is 13. The summed E-state index contributed by atoms with van der Waals surface area (Å²) < 4.78 is 81.4. The van der Waals surface area contributed by atoms with Gasteiger partial charge in [-0.25, -0.2) is 40.3 Å². The van der Waals surface area contributed by atoms with Crippen molar-refractivity contribution in [2.45, 2.75) is 52.4 Å². The van der Waals surface area contributed by atoms with Gasteiger partial charge in [-0.15, -0.1) is 15.2 Å². The van der Waals surface area contributed by atoms with Crippen LogP contribution in [0, 0.1) is 36.3 Å². The molecule has 14 nitrogen and oxygen atoms in total.